The molecule has 1 aromatic carbocycles. The number of hydrogen-bond acceptors (Lipinski definition) is 2. The Balaban J connectivity index is 0.00000242. The van der Waals surface area contributed by atoms with Crippen molar-refractivity contribution in [3.8, 4) is 0 Å². The molecule has 2 amide bonds. The first-order valence-corrected chi connectivity index (χ1v) is 7.59. The number of halogens is 2. The maximum Gasteiger partial charge on any atom is 0.317 e. The molecule has 1 aromatic rings. The molecule has 4 nitrogen and oxygen atoms in total. The molecule has 1 aliphatic rings. The maximum atomic E-state index is 11.1. The average Bonchev–Trinajstić information content (AvgIpc) is 2.47. The summed E-state index contributed by atoms with van der Waals surface area (Å²) in [7, 11) is 0. The molecule has 0 atom stereocenters. The number of nitrogens with two attached hydrogens (primary N) is 1. The molecular weight excluding hydrogens is 321 g/mol. The van der Waals surface area contributed by atoms with Crippen LogP contribution in [0.1, 0.15) is 37.7 Å². The molecule has 0 heterocycles. The van der Waals surface area contributed by atoms with Crippen LogP contribution in [0, 0.1) is 0 Å². The fourth-order valence-electron chi connectivity index (χ4n) is 2.40. The van der Waals surface area contributed by atoms with Crippen LogP contribution < -0.4 is 11.1 Å². The minimum Gasteiger partial charge on any atom is -0.351 e. The van der Waals surface area contributed by atoms with Gasteiger partial charge in [0.05, 0.1) is 6.04 Å². The van der Waals surface area contributed by atoms with Gasteiger partial charge in [-0.25, -0.2) is 4.79 Å². The van der Waals surface area contributed by atoms with Gasteiger partial charge in [-0.3, -0.25) is 10.3 Å². The molecule has 1 aliphatic carbocycles. The van der Waals surface area contributed by atoms with Crippen molar-refractivity contribution in [3.05, 3.63) is 40.9 Å². The van der Waals surface area contributed by atoms with Crippen molar-refractivity contribution in [2.75, 3.05) is 0 Å². The predicted octanol–water partition coefficient (Wildman–Crippen LogP) is 4.17. The van der Waals surface area contributed by atoms with Gasteiger partial charge in [-0.2, -0.15) is 0 Å². The summed E-state index contributed by atoms with van der Waals surface area (Å²) in [5.41, 5.74) is 6.19. The second-order valence-corrected chi connectivity index (χ2v) is 5.62. The Labute approximate surface area is 142 Å². The summed E-state index contributed by atoms with van der Waals surface area (Å²) in [5, 5.41) is 3.28. The first-order valence-electron chi connectivity index (χ1n) is 7.21. The van der Waals surface area contributed by atoms with Crippen molar-refractivity contribution in [1.29, 1.82) is 0 Å². The molecule has 0 spiro atoms. The zero-order valence-electron chi connectivity index (χ0n) is 12.3. The summed E-state index contributed by atoms with van der Waals surface area (Å²) in [5.74, 6) is 0.518. The topological polar surface area (TPSA) is 67.5 Å². The van der Waals surface area contributed by atoms with Crippen LogP contribution in [-0.4, -0.2) is 17.9 Å². The fraction of sp³-hybridized carbons (Fsp3) is 0.375. The van der Waals surface area contributed by atoms with Crippen molar-refractivity contribution in [3.63, 3.8) is 0 Å². The number of nitrogens with zero attached hydrogens (tertiary/aromatic N) is 1. The number of urea groups is 1. The molecule has 1 saturated carbocycles. The molecular formula is C16H21Cl2N3O. The van der Waals surface area contributed by atoms with Gasteiger partial charge in [0.15, 0.2) is 0 Å². The summed E-state index contributed by atoms with van der Waals surface area (Å²) in [6, 6.07) is 7.13. The Morgan fingerprint density at radius 2 is 1.86 bits per heavy atom. The van der Waals surface area contributed by atoms with Crippen LogP contribution >= 0.6 is 24.0 Å². The molecule has 0 unspecified atom stereocenters. The van der Waals surface area contributed by atoms with E-state index in [1.165, 1.54) is 19.3 Å². The van der Waals surface area contributed by atoms with E-state index in [0.29, 0.717) is 10.9 Å². The van der Waals surface area contributed by atoms with Crippen molar-refractivity contribution in [2.45, 2.75) is 38.1 Å². The summed E-state index contributed by atoms with van der Waals surface area (Å²) in [6.07, 6.45) is 9.46. The van der Waals surface area contributed by atoms with E-state index in [4.69, 9.17) is 17.3 Å². The lowest BCUT2D eigenvalue weighted by Gasteiger charge is -2.18. The molecule has 0 aromatic heterocycles. The number of benzene rings is 1. The average molecular weight is 342 g/mol. The van der Waals surface area contributed by atoms with E-state index in [2.05, 4.69) is 10.3 Å². The van der Waals surface area contributed by atoms with Crippen LogP contribution in [0.5, 0.6) is 0 Å². The molecule has 1 fully saturated rings. The monoisotopic (exact) mass is 341 g/mol. The van der Waals surface area contributed by atoms with Gasteiger partial charge in [0.1, 0.15) is 5.84 Å². The quantitative estimate of drug-likeness (QED) is 0.628. The van der Waals surface area contributed by atoms with Gasteiger partial charge in [0, 0.05) is 5.02 Å². The van der Waals surface area contributed by atoms with Gasteiger partial charge in [-0.05, 0) is 36.6 Å². The van der Waals surface area contributed by atoms with E-state index < -0.39 is 6.03 Å². The van der Waals surface area contributed by atoms with E-state index in [9.17, 15) is 4.79 Å². The molecule has 6 heteroatoms. The van der Waals surface area contributed by atoms with Gasteiger partial charge in [0.2, 0.25) is 0 Å². The fourth-order valence-corrected chi connectivity index (χ4v) is 2.53. The van der Waals surface area contributed by atoms with E-state index in [0.717, 1.165) is 18.4 Å². The lowest BCUT2D eigenvalue weighted by molar-refractivity contribution is 0.253. The third-order valence-corrected chi connectivity index (χ3v) is 3.70. The number of aliphatic imine (C=N–C) groups is 1. The minimum absolute atomic E-state index is 0. The minimum atomic E-state index is -0.592. The number of amides is 2. The third kappa shape index (κ3) is 6.50. The first kappa shape index (κ1) is 18.5. The second-order valence-electron chi connectivity index (χ2n) is 5.18. The predicted molar refractivity (Wildman–Crippen MR) is 94.8 cm³/mol. The molecule has 3 N–H and O–H groups in total. The van der Waals surface area contributed by atoms with Crippen LogP contribution in [0.25, 0.3) is 6.08 Å². The molecule has 120 valence electrons. The van der Waals surface area contributed by atoms with Crippen molar-refractivity contribution < 1.29 is 4.79 Å². The molecule has 0 radical (unpaired) electrons. The van der Waals surface area contributed by atoms with Crippen LogP contribution in [-0.2, 0) is 0 Å². The van der Waals surface area contributed by atoms with Crippen LogP contribution in [0.4, 0.5) is 4.79 Å². The molecule has 2 rings (SSSR count). The number of rotatable bonds is 3. The van der Waals surface area contributed by atoms with Crippen molar-refractivity contribution in [2.24, 2.45) is 10.7 Å². The highest BCUT2D eigenvalue weighted by molar-refractivity contribution is 6.30. The Hall–Kier alpha value is -1.52. The van der Waals surface area contributed by atoms with Gasteiger partial charge in [-0.15, -0.1) is 12.4 Å². The zero-order chi connectivity index (χ0) is 15.1. The van der Waals surface area contributed by atoms with E-state index in [-0.39, 0.29) is 18.4 Å². The molecule has 22 heavy (non-hydrogen) atoms. The van der Waals surface area contributed by atoms with Crippen LogP contribution in [0.15, 0.2) is 35.3 Å². The summed E-state index contributed by atoms with van der Waals surface area (Å²) < 4.78 is 0. The molecule has 0 bridgehead atoms. The highest BCUT2D eigenvalue weighted by Crippen LogP contribution is 2.20. The normalized spacial score (nSPS) is 16.3. The van der Waals surface area contributed by atoms with Crippen molar-refractivity contribution in [1.82, 2.24) is 5.32 Å². The third-order valence-electron chi connectivity index (χ3n) is 3.45. The van der Waals surface area contributed by atoms with Gasteiger partial charge in [0.25, 0.3) is 0 Å². The Kier molecular flexibility index (Phi) is 7.99. The number of amidine groups is 1. The number of nitrogens with one attached hydrogen (secondary N) is 1. The van der Waals surface area contributed by atoms with Gasteiger partial charge >= 0.3 is 6.03 Å². The lowest BCUT2D eigenvalue weighted by atomic mass is 9.96. The highest BCUT2D eigenvalue weighted by Gasteiger charge is 2.12. The summed E-state index contributed by atoms with van der Waals surface area (Å²) in [6.45, 7) is 0. The largest absolute Gasteiger partial charge is 0.351 e. The zero-order valence-corrected chi connectivity index (χ0v) is 13.9. The SMILES string of the molecule is Cl.NC(=O)NC(/C=C/c1ccc(Cl)cc1)=NC1CCCCC1. The second kappa shape index (κ2) is 9.49. The summed E-state index contributed by atoms with van der Waals surface area (Å²) in [4.78, 5) is 15.7. The molecule has 0 aliphatic heterocycles. The highest BCUT2D eigenvalue weighted by atomic mass is 35.5. The van der Waals surface area contributed by atoms with Gasteiger partial charge < -0.3 is 5.73 Å². The lowest BCUT2D eigenvalue weighted by Crippen LogP contribution is -2.35. The van der Waals surface area contributed by atoms with Crippen molar-refractivity contribution >= 4 is 42.0 Å². The number of carbonyl (C=O) groups is 1. The molecule has 0 saturated heterocycles. The Bertz CT molecular complexity index is 535. The standard InChI is InChI=1S/C16H20ClN3O.ClH/c17-13-9-6-12(7-10-13)8-11-15(20-16(18)21)19-14-4-2-1-3-5-14;/h6-11,14H,1-5H2,(H3,18,19,20,21);1H/b11-8+;. The van der Waals surface area contributed by atoms with E-state index in [1.807, 2.05) is 30.3 Å². The smallest absolute Gasteiger partial charge is 0.317 e. The maximum absolute atomic E-state index is 11.1. The Morgan fingerprint density at radius 1 is 1.23 bits per heavy atom. The van der Waals surface area contributed by atoms with Crippen LogP contribution in [0.2, 0.25) is 5.02 Å². The van der Waals surface area contributed by atoms with E-state index >= 15 is 0 Å². The number of hydrogen-bond donors (Lipinski definition) is 2. The number of carbonyl (C=O) groups excluding carboxylic acids is 1. The van der Waals surface area contributed by atoms with Gasteiger partial charge in [-0.1, -0.05) is 49.1 Å². The summed E-state index contributed by atoms with van der Waals surface area (Å²) >= 11 is 5.85. The Morgan fingerprint density at radius 3 is 2.45 bits per heavy atom. The first-order chi connectivity index (χ1) is 10.1. The number of primary amides is 1. The van der Waals surface area contributed by atoms with Crippen LogP contribution in [0.3, 0.4) is 0 Å². The van der Waals surface area contributed by atoms with E-state index in [1.54, 1.807) is 6.08 Å².